The predicted octanol–water partition coefficient (Wildman–Crippen LogP) is 2.65. The van der Waals surface area contributed by atoms with Crippen LogP contribution in [0.25, 0.3) is 0 Å². The fourth-order valence-electron chi connectivity index (χ4n) is 1.26. The van der Waals surface area contributed by atoms with Crippen LogP contribution in [0.4, 0.5) is 0 Å². The second-order valence-electron chi connectivity index (χ2n) is 3.68. The van der Waals surface area contributed by atoms with Crippen LogP contribution in [0.2, 0.25) is 0 Å². The topological polar surface area (TPSA) is 26.0 Å². The minimum atomic E-state index is 0.171. The average Bonchev–Trinajstić information content (AvgIpc) is 2.03. The summed E-state index contributed by atoms with van der Waals surface area (Å²) in [5.41, 5.74) is 8.53. The van der Waals surface area contributed by atoms with Gasteiger partial charge in [0.15, 0.2) is 0 Å². The third-order valence-electron chi connectivity index (χ3n) is 2.15. The standard InChI is InChI=1S/C11H17N/c1-8(2)11(12)10-6-4-5-9(3)7-10/h4-8,11H,12H2,1-3H3. The Morgan fingerprint density at radius 3 is 2.42 bits per heavy atom. The lowest BCUT2D eigenvalue weighted by molar-refractivity contribution is 0.514. The number of nitrogens with two attached hydrogens (primary N) is 1. The fourth-order valence-corrected chi connectivity index (χ4v) is 1.26. The SMILES string of the molecule is Cc1cccc(C(N)C(C)C)c1. The van der Waals surface area contributed by atoms with Crippen molar-refractivity contribution < 1.29 is 0 Å². The molecule has 0 aromatic heterocycles. The van der Waals surface area contributed by atoms with Gasteiger partial charge in [0.1, 0.15) is 0 Å². The Morgan fingerprint density at radius 2 is 1.92 bits per heavy atom. The van der Waals surface area contributed by atoms with Gasteiger partial charge in [-0.2, -0.15) is 0 Å². The maximum atomic E-state index is 6.01. The number of hydrogen-bond donors (Lipinski definition) is 1. The molecular weight excluding hydrogens is 146 g/mol. The first kappa shape index (κ1) is 9.27. The van der Waals surface area contributed by atoms with Crippen molar-refractivity contribution in [3.05, 3.63) is 35.4 Å². The van der Waals surface area contributed by atoms with E-state index in [2.05, 4.69) is 45.0 Å². The van der Waals surface area contributed by atoms with E-state index in [4.69, 9.17) is 5.73 Å². The molecular formula is C11H17N. The molecule has 0 spiro atoms. The molecule has 1 atom stereocenters. The maximum absolute atomic E-state index is 6.01. The molecule has 2 N–H and O–H groups in total. The summed E-state index contributed by atoms with van der Waals surface area (Å²) in [6.45, 7) is 6.39. The average molecular weight is 163 g/mol. The van der Waals surface area contributed by atoms with Gasteiger partial charge in [-0.15, -0.1) is 0 Å². The van der Waals surface area contributed by atoms with Gasteiger partial charge in [0.25, 0.3) is 0 Å². The zero-order chi connectivity index (χ0) is 9.14. The zero-order valence-corrected chi connectivity index (χ0v) is 8.04. The van der Waals surface area contributed by atoms with Crippen molar-refractivity contribution in [2.24, 2.45) is 11.7 Å². The highest BCUT2D eigenvalue weighted by Gasteiger charge is 2.09. The van der Waals surface area contributed by atoms with Gasteiger partial charge in [-0.1, -0.05) is 43.7 Å². The van der Waals surface area contributed by atoms with Crippen LogP contribution in [0.15, 0.2) is 24.3 Å². The van der Waals surface area contributed by atoms with E-state index in [0.717, 1.165) is 0 Å². The van der Waals surface area contributed by atoms with E-state index >= 15 is 0 Å². The van der Waals surface area contributed by atoms with Gasteiger partial charge in [-0.05, 0) is 18.4 Å². The number of hydrogen-bond acceptors (Lipinski definition) is 1. The van der Waals surface area contributed by atoms with Crippen molar-refractivity contribution in [2.45, 2.75) is 26.8 Å². The molecule has 0 heterocycles. The summed E-state index contributed by atoms with van der Waals surface area (Å²) in [5.74, 6) is 0.506. The van der Waals surface area contributed by atoms with Gasteiger partial charge in [-0.25, -0.2) is 0 Å². The van der Waals surface area contributed by atoms with Gasteiger partial charge >= 0.3 is 0 Å². The molecule has 1 nitrogen and oxygen atoms in total. The highest BCUT2D eigenvalue weighted by molar-refractivity contribution is 5.24. The maximum Gasteiger partial charge on any atom is 0.0318 e. The third-order valence-corrected chi connectivity index (χ3v) is 2.15. The molecule has 0 fully saturated rings. The van der Waals surface area contributed by atoms with Crippen LogP contribution >= 0.6 is 0 Å². The van der Waals surface area contributed by atoms with E-state index in [-0.39, 0.29) is 6.04 Å². The highest BCUT2D eigenvalue weighted by atomic mass is 14.6. The molecule has 0 aliphatic carbocycles. The van der Waals surface area contributed by atoms with Crippen LogP contribution in [0.3, 0.4) is 0 Å². The number of rotatable bonds is 2. The Bertz CT molecular complexity index is 253. The first-order valence-corrected chi connectivity index (χ1v) is 4.43. The molecule has 0 amide bonds. The van der Waals surface area contributed by atoms with Crippen LogP contribution in [-0.2, 0) is 0 Å². The Hall–Kier alpha value is -0.820. The molecule has 1 aromatic rings. The molecule has 0 aliphatic rings. The summed E-state index contributed by atoms with van der Waals surface area (Å²) in [7, 11) is 0. The van der Waals surface area contributed by atoms with Crippen LogP contribution < -0.4 is 5.73 Å². The van der Waals surface area contributed by atoms with E-state index in [1.165, 1.54) is 11.1 Å². The van der Waals surface area contributed by atoms with Crippen molar-refractivity contribution in [2.75, 3.05) is 0 Å². The molecule has 0 saturated carbocycles. The summed E-state index contributed by atoms with van der Waals surface area (Å²) in [4.78, 5) is 0. The molecule has 66 valence electrons. The first-order chi connectivity index (χ1) is 5.61. The van der Waals surface area contributed by atoms with Gasteiger partial charge < -0.3 is 5.73 Å². The lowest BCUT2D eigenvalue weighted by Gasteiger charge is -2.16. The molecule has 0 saturated heterocycles. The van der Waals surface area contributed by atoms with Crippen molar-refractivity contribution >= 4 is 0 Å². The quantitative estimate of drug-likeness (QED) is 0.712. The molecule has 1 heteroatoms. The van der Waals surface area contributed by atoms with Gasteiger partial charge in [-0.3, -0.25) is 0 Å². The van der Waals surface area contributed by atoms with Crippen molar-refractivity contribution in [3.63, 3.8) is 0 Å². The van der Waals surface area contributed by atoms with Gasteiger partial charge in [0.05, 0.1) is 0 Å². The summed E-state index contributed by atoms with van der Waals surface area (Å²) in [6.07, 6.45) is 0. The Kier molecular flexibility index (Phi) is 2.88. The molecule has 0 bridgehead atoms. The number of aryl methyl sites for hydroxylation is 1. The zero-order valence-electron chi connectivity index (χ0n) is 8.04. The minimum Gasteiger partial charge on any atom is -0.324 e. The first-order valence-electron chi connectivity index (χ1n) is 4.43. The lowest BCUT2D eigenvalue weighted by atomic mass is 9.96. The van der Waals surface area contributed by atoms with Gasteiger partial charge in [0, 0.05) is 6.04 Å². The second-order valence-corrected chi connectivity index (χ2v) is 3.68. The molecule has 1 aromatic carbocycles. The summed E-state index contributed by atoms with van der Waals surface area (Å²) >= 11 is 0. The monoisotopic (exact) mass is 163 g/mol. The summed E-state index contributed by atoms with van der Waals surface area (Å²) in [6, 6.07) is 8.58. The van der Waals surface area contributed by atoms with E-state index in [0.29, 0.717) is 5.92 Å². The minimum absolute atomic E-state index is 0.171. The van der Waals surface area contributed by atoms with Crippen LogP contribution in [0.1, 0.15) is 31.0 Å². The molecule has 1 rings (SSSR count). The van der Waals surface area contributed by atoms with Crippen LogP contribution in [-0.4, -0.2) is 0 Å². The van der Waals surface area contributed by atoms with Crippen LogP contribution in [0, 0.1) is 12.8 Å². The fraction of sp³-hybridized carbons (Fsp3) is 0.455. The van der Waals surface area contributed by atoms with Crippen molar-refractivity contribution in [1.29, 1.82) is 0 Å². The number of benzene rings is 1. The van der Waals surface area contributed by atoms with E-state index in [1.54, 1.807) is 0 Å². The Morgan fingerprint density at radius 1 is 1.25 bits per heavy atom. The smallest absolute Gasteiger partial charge is 0.0318 e. The largest absolute Gasteiger partial charge is 0.324 e. The second kappa shape index (κ2) is 3.72. The van der Waals surface area contributed by atoms with E-state index in [1.807, 2.05) is 0 Å². The normalized spacial score (nSPS) is 13.4. The molecule has 1 unspecified atom stereocenters. The lowest BCUT2D eigenvalue weighted by Crippen LogP contribution is -2.16. The molecule has 12 heavy (non-hydrogen) atoms. The highest BCUT2D eigenvalue weighted by Crippen LogP contribution is 2.19. The van der Waals surface area contributed by atoms with Gasteiger partial charge in [0.2, 0.25) is 0 Å². The summed E-state index contributed by atoms with van der Waals surface area (Å²) in [5, 5.41) is 0. The van der Waals surface area contributed by atoms with Crippen molar-refractivity contribution in [3.8, 4) is 0 Å². The summed E-state index contributed by atoms with van der Waals surface area (Å²) < 4.78 is 0. The third kappa shape index (κ3) is 2.08. The Balaban J connectivity index is 2.88. The molecule has 0 aliphatic heterocycles. The Labute approximate surface area is 74.6 Å². The van der Waals surface area contributed by atoms with E-state index < -0.39 is 0 Å². The van der Waals surface area contributed by atoms with E-state index in [9.17, 15) is 0 Å². The predicted molar refractivity (Wildman–Crippen MR) is 52.9 cm³/mol. The molecule has 0 radical (unpaired) electrons. The van der Waals surface area contributed by atoms with Crippen molar-refractivity contribution in [1.82, 2.24) is 0 Å². The van der Waals surface area contributed by atoms with Crippen LogP contribution in [0.5, 0.6) is 0 Å².